The van der Waals surface area contributed by atoms with Crippen molar-refractivity contribution in [3.8, 4) is 0 Å². The fourth-order valence-electron chi connectivity index (χ4n) is 1.94. The number of carbonyl (C=O) groups is 1. The third-order valence-electron chi connectivity index (χ3n) is 3.07. The first-order chi connectivity index (χ1) is 9.29. The normalized spacial score (nSPS) is 16.9. The molecule has 1 atom stereocenters. The first kappa shape index (κ1) is 15.2. The van der Waals surface area contributed by atoms with Gasteiger partial charge in [-0.05, 0) is 37.0 Å². The van der Waals surface area contributed by atoms with Gasteiger partial charge in [0, 0.05) is 6.04 Å². The van der Waals surface area contributed by atoms with Gasteiger partial charge in [0.15, 0.2) is 0 Å². The minimum absolute atomic E-state index is 0.00760. The van der Waals surface area contributed by atoms with E-state index in [-0.39, 0.29) is 22.3 Å². The molecule has 5 nitrogen and oxygen atoms in total. The molecule has 0 amide bonds. The summed E-state index contributed by atoms with van der Waals surface area (Å²) in [4.78, 5) is 10.4. The maximum Gasteiger partial charge on any atom is 0.304 e. The first-order valence-corrected chi connectivity index (χ1v) is 7.85. The Hall–Kier alpha value is -1.18. The number of aliphatic carboxylic acids is 1. The molecule has 0 heterocycles. The summed E-state index contributed by atoms with van der Waals surface area (Å²) >= 11 is 5.76. The van der Waals surface area contributed by atoms with E-state index < -0.39 is 27.9 Å². The van der Waals surface area contributed by atoms with E-state index in [1.54, 1.807) is 0 Å². The van der Waals surface area contributed by atoms with Gasteiger partial charge in [-0.3, -0.25) is 4.79 Å². The average molecular weight is 322 g/mol. The molecule has 1 aromatic carbocycles. The Morgan fingerprint density at radius 3 is 2.70 bits per heavy atom. The van der Waals surface area contributed by atoms with Crippen LogP contribution in [0.2, 0.25) is 5.02 Å². The van der Waals surface area contributed by atoms with E-state index in [0.717, 1.165) is 31.0 Å². The smallest absolute Gasteiger partial charge is 0.304 e. The first-order valence-electron chi connectivity index (χ1n) is 5.99. The van der Waals surface area contributed by atoms with Crippen molar-refractivity contribution < 1.29 is 22.7 Å². The number of rotatable bonds is 6. The van der Waals surface area contributed by atoms with E-state index in [1.165, 1.54) is 0 Å². The van der Waals surface area contributed by atoms with Crippen LogP contribution in [0.3, 0.4) is 0 Å². The van der Waals surface area contributed by atoms with Crippen molar-refractivity contribution in [2.75, 3.05) is 0 Å². The number of nitrogens with one attached hydrogen (secondary N) is 1. The van der Waals surface area contributed by atoms with Crippen molar-refractivity contribution >= 4 is 27.6 Å². The number of carboxylic acid groups (broad SMARTS) is 1. The lowest BCUT2D eigenvalue weighted by Gasteiger charge is -2.17. The molecule has 110 valence electrons. The van der Waals surface area contributed by atoms with E-state index in [0.29, 0.717) is 0 Å². The molecule has 1 aliphatic rings. The Morgan fingerprint density at radius 1 is 1.50 bits per heavy atom. The minimum atomic E-state index is -4.05. The van der Waals surface area contributed by atoms with Gasteiger partial charge in [-0.1, -0.05) is 11.6 Å². The van der Waals surface area contributed by atoms with Crippen LogP contribution in [-0.4, -0.2) is 25.5 Å². The standard InChI is InChI=1S/C12H13ClFNO4S/c13-9-4-3-8(14)5-11(9)20(18,19)15-10(6-12(16)17)7-1-2-7/h3-5,7,10,15H,1-2,6H2,(H,16,17). The van der Waals surface area contributed by atoms with E-state index in [2.05, 4.69) is 4.72 Å². The monoisotopic (exact) mass is 321 g/mol. The summed E-state index contributed by atoms with van der Waals surface area (Å²) in [7, 11) is -4.05. The molecule has 20 heavy (non-hydrogen) atoms. The average Bonchev–Trinajstić information content (AvgIpc) is 3.14. The molecular weight excluding hydrogens is 309 g/mol. The highest BCUT2D eigenvalue weighted by molar-refractivity contribution is 7.89. The van der Waals surface area contributed by atoms with Crippen LogP contribution in [-0.2, 0) is 14.8 Å². The van der Waals surface area contributed by atoms with Crippen LogP contribution in [0.25, 0.3) is 0 Å². The van der Waals surface area contributed by atoms with Gasteiger partial charge in [0.05, 0.1) is 11.4 Å². The number of hydrogen-bond acceptors (Lipinski definition) is 3. The molecule has 1 unspecified atom stereocenters. The lowest BCUT2D eigenvalue weighted by atomic mass is 10.1. The minimum Gasteiger partial charge on any atom is -0.481 e. The van der Waals surface area contributed by atoms with E-state index in [4.69, 9.17) is 16.7 Å². The Labute approximate surface area is 120 Å². The zero-order chi connectivity index (χ0) is 14.9. The summed E-state index contributed by atoms with van der Waals surface area (Å²) in [6.07, 6.45) is 1.24. The topological polar surface area (TPSA) is 83.5 Å². The second-order valence-corrected chi connectivity index (χ2v) is 6.83. The van der Waals surface area contributed by atoms with Crippen molar-refractivity contribution in [2.24, 2.45) is 5.92 Å². The SMILES string of the molecule is O=C(O)CC(NS(=O)(=O)c1cc(F)ccc1Cl)C1CC1. The summed E-state index contributed by atoms with van der Waals surface area (Å²) in [5, 5.41) is 8.70. The van der Waals surface area contributed by atoms with Gasteiger partial charge in [-0.25, -0.2) is 17.5 Å². The molecule has 2 N–H and O–H groups in total. The maximum absolute atomic E-state index is 13.2. The van der Waals surface area contributed by atoms with Gasteiger partial charge in [-0.2, -0.15) is 0 Å². The van der Waals surface area contributed by atoms with Gasteiger partial charge in [-0.15, -0.1) is 0 Å². The van der Waals surface area contributed by atoms with Crippen LogP contribution in [0.4, 0.5) is 4.39 Å². The van der Waals surface area contributed by atoms with Gasteiger partial charge in [0.2, 0.25) is 10.0 Å². The molecule has 0 bridgehead atoms. The van der Waals surface area contributed by atoms with Gasteiger partial charge in [0.1, 0.15) is 10.7 Å². The van der Waals surface area contributed by atoms with Crippen molar-refractivity contribution in [1.29, 1.82) is 0 Å². The second-order valence-electron chi connectivity index (χ2n) is 4.74. The fourth-order valence-corrected chi connectivity index (χ4v) is 3.75. The van der Waals surface area contributed by atoms with Crippen LogP contribution in [0, 0.1) is 11.7 Å². The molecule has 1 aliphatic carbocycles. The highest BCUT2D eigenvalue weighted by Gasteiger charge is 2.36. The summed E-state index contributed by atoms with van der Waals surface area (Å²) in [6, 6.07) is 2.32. The van der Waals surface area contributed by atoms with Crippen molar-refractivity contribution in [1.82, 2.24) is 4.72 Å². The Kier molecular flexibility index (Phi) is 4.31. The summed E-state index contributed by atoms with van der Waals surface area (Å²) < 4.78 is 39.8. The largest absolute Gasteiger partial charge is 0.481 e. The summed E-state index contributed by atoms with van der Waals surface area (Å²) in [6.45, 7) is 0. The van der Waals surface area contributed by atoms with Crippen LogP contribution in [0.1, 0.15) is 19.3 Å². The van der Waals surface area contributed by atoms with E-state index >= 15 is 0 Å². The number of sulfonamides is 1. The highest BCUT2D eigenvalue weighted by atomic mass is 35.5. The zero-order valence-corrected chi connectivity index (χ0v) is 11.9. The van der Waals surface area contributed by atoms with Crippen LogP contribution < -0.4 is 4.72 Å². The molecule has 0 aromatic heterocycles. The van der Waals surface area contributed by atoms with Crippen molar-refractivity contribution in [3.05, 3.63) is 29.0 Å². The number of benzene rings is 1. The lowest BCUT2D eigenvalue weighted by molar-refractivity contribution is -0.137. The third kappa shape index (κ3) is 3.68. The Morgan fingerprint density at radius 2 is 2.15 bits per heavy atom. The second kappa shape index (κ2) is 5.67. The van der Waals surface area contributed by atoms with Crippen LogP contribution >= 0.6 is 11.6 Å². The molecule has 0 saturated heterocycles. The lowest BCUT2D eigenvalue weighted by Crippen LogP contribution is -2.38. The molecule has 1 aromatic rings. The highest BCUT2D eigenvalue weighted by Crippen LogP contribution is 2.35. The molecular formula is C12H13ClFNO4S. The van der Waals surface area contributed by atoms with Gasteiger partial charge < -0.3 is 5.11 Å². The molecule has 0 radical (unpaired) electrons. The third-order valence-corrected chi connectivity index (χ3v) is 5.05. The molecule has 0 aliphatic heterocycles. The Balaban J connectivity index is 2.25. The summed E-state index contributed by atoms with van der Waals surface area (Å²) in [5.41, 5.74) is 0. The molecule has 1 fully saturated rings. The predicted octanol–water partition coefficient (Wildman–Crippen LogP) is 2.01. The van der Waals surface area contributed by atoms with Crippen molar-refractivity contribution in [2.45, 2.75) is 30.2 Å². The zero-order valence-electron chi connectivity index (χ0n) is 10.3. The summed E-state index contributed by atoms with van der Waals surface area (Å²) in [5.74, 6) is -1.81. The quantitative estimate of drug-likeness (QED) is 0.839. The van der Waals surface area contributed by atoms with Crippen LogP contribution in [0.5, 0.6) is 0 Å². The molecule has 8 heteroatoms. The number of carboxylic acids is 1. The number of hydrogen-bond donors (Lipinski definition) is 2. The number of halogens is 2. The van der Waals surface area contributed by atoms with Crippen molar-refractivity contribution in [3.63, 3.8) is 0 Å². The Bertz CT molecular complexity index is 630. The molecule has 1 saturated carbocycles. The van der Waals surface area contributed by atoms with E-state index in [9.17, 15) is 17.6 Å². The fraction of sp³-hybridized carbons (Fsp3) is 0.417. The van der Waals surface area contributed by atoms with Gasteiger partial charge in [0.25, 0.3) is 0 Å². The predicted molar refractivity (Wildman–Crippen MR) is 70.5 cm³/mol. The van der Waals surface area contributed by atoms with E-state index in [1.807, 2.05) is 0 Å². The maximum atomic E-state index is 13.2. The van der Waals surface area contributed by atoms with Crippen LogP contribution in [0.15, 0.2) is 23.1 Å². The molecule has 2 rings (SSSR count). The van der Waals surface area contributed by atoms with Gasteiger partial charge >= 0.3 is 5.97 Å². The molecule has 0 spiro atoms.